The standard InChI is InChI=1S/C27H30N2O6/c1-3-4-15-28-23(30)14-13-21(24(28)20-11-7-8-12-22(20)34-2)27(33)35-17-16-29-25(31)18-9-5-6-10-19(18)26(29)32/h5-12,21,24H,3-4,13-17H2,1-2H3/t21-,24+/m0/s1. The lowest BCUT2D eigenvalue weighted by molar-refractivity contribution is -0.157. The van der Waals surface area contributed by atoms with Crippen LogP contribution in [0.3, 0.4) is 0 Å². The second-order valence-corrected chi connectivity index (χ2v) is 8.75. The Morgan fingerprint density at radius 1 is 0.971 bits per heavy atom. The summed E-state index contributed by atoms with van der Waals surface area (Å²) in [6.45, 7) is 2.46. The van der Waals surface area contributed by atoms with Gasteiger partial charge in [-0.1, -0.05) is 43.7 Å². The van der Waals surface area contributed by atoms with Crippen LogP contribution in [-0.4, -0.2) is 60.3 Å². The van der Waals surface area contributed by atoms with Crippen LogP contribution in [0, 0.1) is 5.92 Å². The number of hydrogen-bond donors (Lipinski definition) is 0. The quantitative estimate of drug-likeness (QED) is 0.404. The highest BCUT2D eigenvalue weighted by molar-refractivity contribution is 6.21. The number of carbonyl (C=O) groups excluding carboxylic acids is 4. The van der Waals surface area contributed by atoms with Crippen LogP contribution in [0.2, 0.25) is 0 Å². The van der Waals surface area contributed by atoms with Crippen molar-refractivity contribution >= 4 is 23.7 Å². The minimum atomic E-state index is -0.581. The number of esters is 1. The number of hydrogen-bond acceptors (Lipinski definition) is 6. The van der Waals surface area contributed by atoms with Crippen LogP contribution in [0.5, 0.6) is 5.75 Å². The molecule has 2 heterocycles. The SMILES string of the molecule is CCCCN1C(=O)CC[C@H](C(=O)OCCN2C(=O)c3ccccc3C2=O)[C@H]1c1ccccc1OC. The Kier molecular flexibility index (Phi) is 7.48. The van der Waals surface area contributed by atoms with Gasteiger partial charge in [-0.05, 0) is 31.0 Å². The second kappa shape index (κ2) is 10.7. The molecule has 0 spiro atoms. The summed E-state index contributed by atoms with van der Waals surface area (Å²) in [5.74, 6) is -1.19. The molecule has 1 saturated heterocycles. The van der Waals surface area contributed by atoms with Crippen LogP contribution >= 0.6 is 0 Å². The summed E-state index contributed by atoms with van der Waals surface area (Å²) >= 11 is 0. The number of likely N-dealkylation sites (tertiary alicyclic amines) is 1. The predicted octanol–water partition coefficient (Wildman–Crippen LogP) is 3.61. The summed E-state index contributed by atoms with van der Waals surface area (Å²) in [6.07, 6.45) is 2.35. The highest BCUT2D eigenvalue weighted by Crippen LogP contribution is 2.41. The van der Waals surface area contributed by atoms with Crippen molar-refractivity contribution in [2.24, 2.45) is 5.92 Å². The van der Waals surface area contributed by atoms with Gasteiger partial charge in [-0.15, -0.1) is 0 Å². The molecule has 2 aromatic carbocycles. The third-order valence-corrected chi connectivity index (χ3v) is 6.66. The molecule has 0 unspecified atom stereocenters. The second-order valence-electron chi connectivity index (χ2n) is 8.75. The number of benzene rings is 2. The summed E-state index contributed by atoms with van der Waals surface area (Å²) in [5.41, 5.74) is 1.48. The van der Waals surface area contributed by atoms with Crippen LogP contribution in [0.25, 0.3) is 0 Å². The number of fused-ring (bicyclic) bond motifs is 1. The van der Waals surface area contributed by atoms with Crippen molar-refractivity contribution in [3.63, 3.8) is 0 Å². The molecule has 0 aromatic heterocycles. The minimum Gasteiger partial charge on any atom is -0.496 e. The minimum absolute atomic E-state index is 0.00410. The molecule has 2 aliphatic heterocycles. The molecule has 4 rings (SSSR count). The van der Waals surface area contributed by atoms with Gasteiger partial charge in [-0.25, -0.2) is 0 Å². The molecule has 8 nitrogen and oxygen atoms in total. The maximum Gasteiger partial charge on any atom is 0.311 e. The first kappa shape index (κ1) is 24.4. The number of amides is 3. The summed E-state index contributed by atoms with van der Waals surface area (Å²) in [6, 6.07) is 13.5. The van der Waals surface area contributed by atoms with Crippen LogP contribution in [0.1, 0.15) is 64.9 Å². The Labute approximate surface area is 204 Å². The molecule has 0 bridgehead atoms. The molecule has 2 aromatic rings. The van der Waals surface area contributed by atoms with Gasteiger partial charge in [0.2, 0.25) is 5.91 Å². The molecule has 3 amide bonds. The fourth-order valence-corrected chi connectivity index (χ4v) is 4.87. The highest BCUT2D eigenvalue weighted by atomic mass is 16.5. The summed E-state index contributed by atoms with van der Waals surface area (Å²) < 4.78 is 11.1. The van der Waals surface area contributed by atoms with Crippen molar-refractivity contribution < 1.29 is 28.7 Å². The van der Waals surface area contributed by atoms with Gasteiger partial charge >= 0.3 is 5.97 Å². The Balaban J connectivity index is 1.49. The van der Waals surface area contributed by atoms with Crippen molar-refractivity contribution in [2.75, 3.05) is 26.8 Å². The zero-order valence-electron chi connectivity index (χ0n) is 20.1. The Hall–Kier alpha value is -3.68. The Bertz CT molecular complexity index is 1100. The van der Waals surface area contributed by atoms with Gasteiger partial charge in [-0.3, -0.25) is 24.1 Å². The molecule has 2 aliphatic rings. The van der Waals surface area contributed by atoms with Crippen LogP contribution in [-0.2, 0) is 14.3 Å². The van der Waals surface area contributed by atoms with E-state index in [-0.39, 0.29) is 37.3 Å². The summed E-state index contributed by atoms with van der Waals surface area (Å²) in [7, 11) is 1.56. The van der Waals surface area contributed by atoms with Gasteiger partial charge in [-0.2, -0.15) is 0 Å². The van der Waals surface area contributed by atoms with E-state index in [4.69, 9.17) is 9.47 Å². The number of imide groups is 1. The number of carbonyl (C=O) groups is 4. The van der Waals surface area contributed by atoms with E-state index >= 15 is 0 Å². The lowest BCUT2D eigenvalue weighted by Gasteiger charge is -2.41. The van der Waals surface area contributed by atoms with Crippen molar-refractivity contribution in [1.29, 1.82) is 0 Å². The molecule has 1 fully saturated rings. The van der Waals surface area contributed by atoms with E-state index in [1.165, 1.54) is 0 Å². The zero-order valence-corrected chi connectivity index (χ0v) is 20.1. The molecular weight excluding hydrogens is 448 g/mol. The van der Waals surface area contributed by atoms with Crippen molar-refractivity contribution in [1.82, 2.24) is 9.80 Å². The topological polar surface area (TPSA) is 93.2 Å². The molecule has 2 atom stereocenters. The third kappa shape index (κ3) is 4.78. The number of ether oxygens (including phenoxy) is 2. The largest absolute Gasteiger partial charge is 0.496 e. The lowest BCUT2D eigenvalue weighted by Crippen LogP contribution is -2.46. The van der Waals surface area contributed by atoms with Crippen LogP contribution < -0.4 is 4.74 Å². The molecule has 35 heavy (non-hydrogen) atoms. The molecular formula is C27H30N2O6. The molecule has 8 heteroatoms. The van der Waals surface area contributed by atoms with Crippen molar-refractivity contribution in [2.45, 2.75) is 38.6 Å². The average molecular weight is 479 g/mol. The Morgan fingerprint density at radius 2 is 1.63 bits per heavy atom. The van der Waals surface area contributed by atoms with Gasteiger partial charge < -0.3 is 14.4 Å². The van der Waals surface area contributed by atoms with E-state index in [2.05, 4.69) is 6.92 Å². The van der Waals surface area contributed by atoms with Gasteiger partial charge in [0.15, 0.2) is 0 Å². The summed E-state index contributed by atoms with van der Waals surface area (Å²) in [5, 5.41) is 0. The number of nitrogens with zero attached hydrogens (tertiary/aromatic N) is 2. The first-order chi connectivity index (χ1) is 17.0. The Morgan fingerprint density at radius 3 is 2.29 bits per heavy atom. The average Bonchev–Trinajstić information content (AvgIpc) is 3.12. The van der Waals surface area contributed by atoms with E-state index in [0.29, 0.717) is 29.8 Å². The van der Waals surface area contributed by atoms with Gasteiger partial charge in [0.1, 0.15) is 12.4 Å². The number of rotatable bonds is 9. The third-order valence-electron chi connectivity index (χ3n) is 6.66. The summed E-state index contributed by atoms with van der Waals surface area (Å²) in [4.78, 5) is 54.2. The van der Waals surface area contributed by atoms with Gasteiger partial charge in [0.05, 0.1) is 36.7 Å². The number of methoxy groups -OCH3 is 1. The smallest absolute Gasteiger partial charge is 0.311 e. The van der Waals surface area contributed by atoms with E-state index in [1.54, 1.807) is 36.3 Å². The van der Waals surface area contributed by atoms with E-state index in [1.807, 2.05) is 24.3 Å². The maximum atomic E-state index is 13.3. The van der Waals surface area contributed by atoms with E-state index in [0.717, 1.165) is 23.3 Å². The van der Waals surface area contributed by atoms with E-state index in [9.17, 15) is 19.2 Å². The van der Waals surface area contributed by atoms with Crippen molar-refractivity contribution in [3.8, 4) is 5.75 Å². The fraction of sp³-hybridized carbons (Fsp3) is 0.407. The molecule has 0 radical (unpaired) electrons. The first-order valence-electron chi connectivity index (χ1n) is 12.0. The maximum absolute atomic E-state index is 13.3. The predicted molar refractivity (Wildman–Crippen MR) is 128 cm³/mol. The fourth-order valence-electron chi connectivity index (χ4n) is 4.87. The number of para-hydroxylation sites is 1. The monoisotopic (exact) mass is 478 g/mol. The molecule has 184 valence electrons. The molecule has 0 saturated carbocycles. The molecule has 0 N–H and O–H groups in total. The normalized spacial score (nSPS) is 19.7. The highest BCUT2D eigenvalue weighted by Gasteiger charge is 2.42. The van der Waals surface area contributed by atoms with Crippen molar-refractivity contribution in [3.05, 3.63) is 65.2 Å². The zero-order chi connectivity index (χ0) is 24.9. The lowest BCUT2D eigenvalue weighted by atomic mass is 9.83. The number of unbranched alkanes of at least 4 members (excludes halogenated alkanes) is 1. The van der Waals surface area contributed by atoms with Gasteiger partial charge in [0, 0.05) is 18.5 Å². The first-order valence-corrected chi connectivity index (χ1v) is 12.0. The number of piperidine rings is 1. The molecule has 0 aliphatic carbocycles. The van der Waals surface area contributed by atoms with Crippen LogP contribution in [0.4, 0.5) is 0 Å². The van der Waals surface area contributed by atoms with Crippen LogP contribution in [0.15, 0.2) is 48.5 Å². The van der Waals surface area contributed by atoms with E-state index < -0.39 is 17.9 Å². The van der Waals surface area contributed by atoms with Gasteiger partial charge in [0.25, 0.3) is 11.8 Å².